The van der Waals surface area contributed by atoms with Crippen molar-refractivity contribution in [2.75, 3.05) is 7.11 Å². The number of pyridine rings is 1. The lowest BCUT2D eigenvalue weighted by Crippen LogP contribution is -2.31. The minimum atomic E-state index is -1.22. The Morgan fingerprint density at radius 3 is 2.15 bits per heavy atom. The summed E-state index contributed by atoms with van der Waals surface area (Å²) in [5.41, 5.74) is 5.22. The fourth-order valence-electron chi connectivity index (χ4n) is 6.13. The van der Waals surface area contributed by atoms with Gasteiger partial charge in [0.25, 0.3) is 5.91 Å². The predicted octanol–water partition coefficient (Wildman–Crippen LogP) is 9.33. The second-order valence-corrected chi connectivity index (χ2v) is 12.5. The summed E-state index contributed by atoms with van der Waals surface area (Å²) < 4.78 is 5.02. The van der Waals surface area contributed by atoms with E-state index in [0.717, 1.165) is 33.3 Å². The number of amides is 1. The fraction of sp³-hybridized carbons (Fsp3) is 0.0909. The number of benzene rings is 5. The molecule has 0 saturated carbocycles. The van der Waals surface area contributed by atoms with Crippen LogP contribution in [-0.4, -0.2) is 35.0 Å². The first-order valence-electron chi connectivity index (χ1n) is 16.7. The molecule has 258 valence electrons. The quantitative estimate of drug-likeness (QED) is 0.0747. The highest BCUT2D eigenvalue weighted by molar-refractivity contribution is 6.38. The summed E-state index contributed by atoms with van der Waals surface area (Å²) in [4.78, 5) is 44.6. The summed E-state index contributed by atoms with van der Waals surface area (Å²) >= 11 is 6.20. The summed E-state index contributed by atoms with van der Waals surface area (Å²) in [5, 5.41) is 15.2. The Bertz CT molecular complexity index is 2300. The van der Waals surface area contributed by atoms with Gasteiger partial charge in [0.15, 0.2) is 0 Å². The van der Waals surface area contributed by atoms with Crippen molar-refractivity contribution in [3.63, 3.8) is 0 Å². The van der Waals surface area contributed by atoms with E-state index in [0.29, 0.717) is 34.6 Å². The van der Waals surface area contributed by atoms with Gasteiger partial charge in [-0.3, -0.25) is 4.79 Å². The Kier molecular flexibility index (Phi) is 11.3. The molecule has 52 heavy (non-hydrogen) atoms. The highest BCUT2D eigenvalue weighted by Crippen LogP contribution is 2.30. The minimum Gasteiger partial charge on any atom is -0.478 e. The smallest absolute Gasteiger partial charge is 0.338 e. The first-order chi connectivity index (χ1) is 25.3. The van der Waals surface area contributed by atoms with Gasteiger partial charge >= 0.3 is 11.9 Å². The molecule has 2 N–H and O–H groups in total. The van der Waals surface area contributed by atoms with Gasteiger partial charge in [0.05, 0.1) is 41.1 Å². The van der Waals surface area contributed by atoms with Gasteiger partial charge in [0, 0.05) is 10.4 Å². The van der Waals surface area contributed by atoms with Crippen LogP contribution in [0.5, 0.6) is 0 Å². The van der Waals surface area contributed by atoms with Crippen LogP contribution in [0.25, 0.3) is 34.2 Å². The van der Waals surface area contributed by atoms with E-state index in [1.807, 2.05) is 84.9 Å². The number of hydrogen-bond donors (Lipinski definition) is 2. The van der Waals surface area contributed by atoms with E-state index < -0.39 is 23.9 Å². The molecule has 0 saturated heterocycles. The monoisotopic (exact) mass is 706 g/mol. The topological polar surface area (TPSA) is 106 Å². The van der Waals surface area contributed by atoms with E-state index in [9.17, 15) is 19.5 Å². The number of carboxylic acids is 1. The Hall–Kier alpha value is -6.31. The molecule has 0 spiro atoms. The van der Waals surface area contributed by atoms with E-state index in [1.165, 1.54) is 7.11 Å². The Morgan fingerprint density at radius 1 is 0.769 bits per heavy atom. The third kappa shape index (κ3) is 8.52. The molecule has 0 aliphatic rings. The molecular weight excluding hydrogens is 672 g/mol. The molecular formula is C44H35ClN2O5. The lowest BCUT2D eigenvalue weighted by molar-refractivity contribution is -0.130. The molecule has 0 bridgehead atoms. The molecule has 1 unspecified atom stereocenters. The van der Waals surface area contributed by atoms with Crippen LogP contribution in [0.3, 0.4) is 0 Å². The van der Waals surface area contributed by atoms with Crippen molar-refractivity contribution in [3.05, 3.63) is 184 Å². The summed E-state index contributed by atoms with van der Waals surface area (Å²) in [6, 6.07) is 41.3. The molecule has 0 radical (unpaired) electrons. The number of fused-ring (bicyclic) bond motifs is 1. The Morgan fingerprint density at radius 2 is 1.44 bits per heavy atom. The standard InChI is InChI=1S/C44H35ClN2O5/c1-52-44(51)37-18-9-8-12-30(37)22-26-38(34-17-10-11-29(27-34)19-24-36-25-21-31-20-23-35(45)28-39(31)46-36)47-42(48)40(32-13-4-2-5-14-32)41(43(49)50)33-15-6-3-7-16-33/h2-21,23-25,27-28,38H,22,26H2,1H3,(H,47,48)(H,49,50)/b24-19+,41-40+. The molecule has 1 aromatic heterocycles. The van der Waals surface area contributed by atoms with Gasteiger partial charge in [-0.15, -0.1) is 0 Å². The number of halogens is 1. The molecule has 1 atom stereocenters. The number of aromatic nitrogens is 1. The number of aryl methyl sites for hydroxylation is 1. The highest BCUT2D eigenvalue weighted by Gasteiger charge is 2.26. The van der Waals surface area contributed by atoms with Crippen molar-refractivity contribution in [2.24, 2.45) is 0 Å². The van der Waals surface area contributed by atoms with Crippen LogP contribution in [0.1, 0.15) is 56.3 Å². The van der Waals surface area contributed by atoms with E-state index in [2.05, 4.69) is 5.32 Å². The minimum absolute atomic E-state index is 0.0396. The van der Waals surface area contributed by atoms with Crippen LogP contribution < -0.4 is 5.32 Å². The van der Waals surface area contributed by atoms with Gasteiger partial charge in [-0.1, -0.05) is 127 Å². The summed E-state index contributed by atoms with van der Waals surface area (Å²) in [6.07, 6.45) is 4.68. The fourth-order valence-corrected chi connectivity index (χ4v) is 6.30. The molecule has 6 aromatic rings. The molecule has 8 heteroatoms. The number of carbonyl (C=O) groups excluding carboxylic acids is 2. The first-order valence-corrected chi connectivity index (χ1v) is 17.1. The van der Waals surface area contributed by atoms with Crippen molar-refractivity contribution in [1.82, 2.24) is 10.3 Å². The van der Waals surface area contributed by atoms with Crippen LogP contribution >= 0.6 is 11.6 Å². The lowest BCUT2D eigenvalue weighted by atomic mass is 9.92. The number of esters is 1. The number of hydrogen-bond acceptors (Lipinski definition) is 5. The third-order valence-corrected chi connectivity index (χ3v) is 8.92. The van der Waals surface area contributed by atoms with Crippen molar-refractivity contribution >= 4 is 63.6 Å². The van der Waals surface area contributed by atoms with E-state index in [4.69, 9.17) is 21.3 Å². The molecule has 1 amide bonds. The number of nitrogens with one attached hydrogen (secondary N) is 1. The number of nitrogens with zero attached hydrogens (tertiary/aromatic N) is 1. The predicted molar refractivity (Wildman–Crippen MR) is 206 cm³/mol. The molecule has 0 aliphatic heterocycles. The van der Waals surface area contributed by atoms with Crippen molar-refractivity contribution in [2.45, 2.75) is 18.9 Å². The van der Waals surface area contributed by atoms with E-state index >= 15 is 0 Å². The first kappa shape index (κ1) is 35.5. The largest absolute Gasteiger partial charge is 0.478 e. The van der Waals surface area contributed by atoms with Gasteiger partial charge in [0.1, 0.15) is 0 Å². The van der Waals surface area contributed by atoms with Crippen molar-refractivity contribution < 1.29 is 24.2 Å². The highest BCUT2D eigenvalue weighted by atomic mass is 35.5. The summed E-state index contributed by atoms with van der Waals surface area (Å²) in [7, 11) is 1.34. The van der Waals surface area contributed by atoms with Gasteiger partial charge in [-0.05, 0) is 77.1 Å². The van der Waals surface area contributed by atoms with E-state index in [1.54, 1.807) is 66.7 Å². The number of aliphatic carboxylic acids is 1. The van der Waals surface area contributed by atoms with Gasteiger partial charge in [-0.2, -0.15) is 0 Å². The van der Waals surface area contributed by atoms with Crippen molar-refractivity contribution in [3.8, 4) is 0 Å². The van der Waals surface area contributed by atoms with Crippen LogP contribution in [0, 0.1) is 0 Å². The van der Waals surface area contributed by atoms with Crippen LogP contribution in [0.4, 0.5) is 0 Å². The number of carbonyl (C=O) groups is 3. The molecule has 0 aliphatic carbocycles. The third-order valence-electron chi connectivity index (χ3n) is 8.68. The zero-order valence-electron chi connectivity index (χ0n) is 28.3. The zero-order valence-corrected chi connectivity index (χ0v) is 29.1. The number of rotatable bonds is 12. The Balaban J connectivity index is 1.38. The molecule has 1 heterocycles. The second kappa shape index (κ2) is 16.6. The maximum Gasteiger partial charge on any atom is 0.338 e. The van der Waals surface area contributed by atoms with E-state index in [-0.39, 0.29) is 11.1 Å². The second-order valence-electron chi connectivity index (χ2n) is 12.1. The lowest BCUT2D eigenvalue weighted by Gasteiger charge is -2.22. The summed E-state index contributed by atoms with van der Waals surface area (Å²) in [6.45, 7) is 0. The maximum absolute atomic E-state index is 14.5. The molecule has 5 aromatic carbocycles. The van der Waals surface area contributed by atoms with Gasteiger partial charge < -0.3 is 15.2 Å². The Labute approximate surface area is 306 Å². The zero-order chi connectivity index (χ0) is 36.5. The number of carboxylic acid groups (broad SMARTS) is 1. The van der Waals surface area contributed by atoms with Crippen molar-refractivity contribution in [1.29, 1.82) is 0 Å². The molecule has 7 nitrogen and oxygen atoms in total. The SMILES string of the molecule is COC(=O)c1ccccc1CCC(NC(=O)/C(=C(/C(=O)O)c1ccccc1)c1ccccc1)c1cccc(/C=C/c2ccc3ccc(Cl)cc3n2)c1. The van der Waals surface area contributed by atoms with Crippen LogP contribution in [-0.2, 0) is 20.7 Å². The van der Waals surface area contributed by atoms with Crippen LogP contribution in [0.15, 0.2) is 140 Å². The number of methoxy groups -OCH3 is 1. The maximum atomic E-state index is 14.5. The van der Waals surface area contributed by atoms with Gasteiger partial charge in [-0.25, -0.2) is 14.6 Å². The van der Waals surface area contributed by atoms with Crippen LogP contribution in [0.2, 0.25) is 5.02 Å². The average molecular weight is 707 g/mol. The molecule has 6 rings (SSSR count). The van der Waals surface area contributed by atoms with Gasteiger partial charge in [0.2, 0.25) is 0 Å². The number of ether oxygens (including phenoxy) is 1. The average Bonchev–Trinajstić information content (AvgIpc) is 3.17. The molecule has 0 fully saturated rings. The normalized spacial score (nSPS) is 12.3. The summed E-state index contributed by atoms with van der Waals surface area (Å²) in [5.74, 6) is -2.21.